The van der Waals surface area contributed by atoms with E-state index in [1.165, 1.54) is 0 Å². The van der Waals surface area contributed by atoms with Gasteiger partial charge < -0.3 is 15.1 Å². The molecule has 4 nitrogen and oxygen atoms in total. The van der Waals surface area contributed by atoms with Gasteiger partial charge in [-0.25, -0.2) is 0 Å². The van der Waals surface area contributed by atoms with E-state index < -0.39 is 12.7 Å². The molecule has 0 fully saturated rings. The van der Waals surface area contributed by atoms with Gasteiger partial charge in [-0.1, -0.05) is 0 Å². The van der Waals surface area contributed by atoms with E-state index in [-0.39, 0.29) is 0 Å². The van der Waals surface area contributed by atoms with Gasteiger partial charge in [-0.3, -0.25) is 0 Å². The first kappa shape index (κ1) is 11.4. The highest BCUT2D eigenvalue weighted by molar-refractivity contribution is 6.28. The zero-order chi connectivity index (χ0) is 8.08. The molecule has 0 spiro atoms. The first-order chi connectivity index (χ1) is 3.73. The van der Waals surface area contributed by atoms with Gasteiger partial charge >= 0.3 is 12.7 Å². The molecule has 0 aromatic heterocycles. The lowest BCUT2D eigenvalue weighted by Crippen LogP contribution is -2.29. The van der Waals surface area contributed by atoms with E-state index >= 15 is 0 Å². The standard InChI is InChI=1S/BH2O3.F4N/c2-1(3)4;1-5(2,3)4/h2-3H;/q-1;+1. The number of rotatable bonds is 0. The van der Waals surface area contributed by atoms with Gasteiger partial charge in [0.15, 0.2) is 0 Å². The van der Waals surface area contributed by atoms with Crippen molar-refractivity contribution < 1.29 is 38.4 Å². The molecule has 0 aliphatic heterocycles. The molecule has 9 heteroatoms. The van der Waals surface area contributed by atoms with Crippen molar-refractivity contribution in [1.82, 2.24) is 0 Å². The maximum Gasteiger partial charge on any atom is 0.440 e. The Kier molecular flexibility index (Phi) is 5.71. The van der Waals surface area contributed by atoms with E-state index in [4.69, 9.17) is 15.1 Å². The van der Waals surface area contributed by atoms with Crippen molar-refractivity contribution in [3.05, 3.63) is 0 Å². The van der Waals surface area contributed by atoms with Gasteiger partial charge in [0.25, 0.3) is 0 Å². The Hall–Kier alpha value is -0.375. The molecule has 0 aliphatic carbocycles. The third-order valence-corrected chi connectivity index (χ3v) is 0. The summed E-state index contributed by atoms with van der Waals surface area (Å²) in [6.07, 6.45) is 0. The second-order valence-electron chi connectivity index (χ2n) is 0.710. The molecule has 0 rings (SSSR count). The van der Waals surface area contributed by atoms with Gasteiger partial charge in [-0.15, -0.1) is 0 Å². The molecular weight excluding hydrogens is 149 g/mol. The molecule has 0 radical (unpaired) electrons. The molecule has 0 unspecified atom stereocenters. The van der Waals surface area contributed by atoms with E-state index in [1.807, 2.05) is 0 Å². The SMILES string of the molecule is F[N+](F)(F)F.[O-]B(O)O. The average molecular weight is 151 g/mol. The number of hydrogen-bond donors (Lipinski definition) is 2. The number of halogens is 4. The van der Waals surface area contributed by atoms with Crippen molar-refractivity contribution in [3.63, 3.8) is 0 Å². The maximum atomic E-state index is 9.62. The Labute approximate surface area is 47.1 Å². The molecule has 0 aromatic carbocycles. The summed E-state index contributed by atoms with van der Waals surface area (Å²) in [5.74, 6) is 0. The normalized spacial score (nSPS) is 9.67. The third kappa shape index (κ3) is 1710. The number of hydrogen-bond acceptors (Lipinski definition) is 3. The Morgan fingerprint density at radius 2 is 1.11 bits per heavy atom. The zero-order valence-electron chi connectivity index (χ0n) is 3.84. The third-order valence-electron chi connectivity index (χ3n) is 0. The van der Waals surface area contributed by atoms with E-state index in [0.717, 1.165) is 0 Å². The van der Waals surface area contributed by atoms with Crippen LogP contribution in [-0.4, -0.2) is 22.7 Å². The van der Waals surface area contributed by atoms with Gasteiger partial charge in [0.05, 0.1) is 0 Å². The molecule has 0 amide bonds. The lowest BCUT2D eigenvalue weighted by molar-refractivity contribution is -1.36. The highest BCUT2D eigenvalue weighted by atomic mass is 19.7. The first-order valence-corrected chi connectivity index (χ1v) is 1.43. The molecule has 56 valence electrons. The van der Waals surface area contributed by atoms with Gasteiger partial charge in [0.1, 0.15) is 17.9 Å². The van der Waals surface area contributed by atoms with Crippen LogP contribution in [0.2, 0.25) is 0 Å². The second kappa shape index (κ2) is 4.50. The molecule has 0 aliphatic rings. The Morgan fingerprint density at radius 1 is 1.11 bits per heavy atom. The van der Waals surface area contributed by atoms with Crippen molar-refractivity contribution in [2.24, 2.45) is 0 Å². The Bertz CT molecular complexity index is 52.6. The molecule has 0 saturated heterocycles. The van der Waals surface area contributed by atoms with Crippen LogP contribution in [0.5, 0.6) is 0 Å². The Balaban J connectivity index is 0. The zero-order valence-corrected chi connectivity index (χ0v) is 3.84. The van der Waals surface area contributed by atoms with Crippen LogP contribution in [0.1, 0.15) is 0 Å². The summed E-state index contributed by atoms with van der Waals surface area (Å²) in [4.78, 5) is 0. The summed E-state index contributed by atoms with van der Waals surface area (Å²) in [6, 6.07) is 0. The molecule has 0 aromatic rings. The number of quaternary nitrogens is 1. The van der Waals surface area contributed by atoms with E-state index in [2.05, 4.69) is 0 Å². The van der Waals surface area contributed by atoms with Gasteiger partial charge in [0, 0.05) is 0 Å². The van der Waals surface area contributed by atoms with Crippen LogP contribution in [0.4, 0.5) is 17.9 Å². The molecule has 9 heavy (non-hydrogen) atoms. The Morgan fingerprint density at radius 3 is 1.11 bits per heavy atom. The van der Waals surface area contributed by atoms with Gasteiger partial charge in [-0.05, 0) is 0 Å². The fraction of sp³-hybridized carbons (Fsp3) is 0. The van der Waals surface area contributed by atoms with Crippen LogP contribution >= 0.6 is 0 Å². The van der Waals surface area contributed by atoms with Crippen molar-refractivity contribution in [2.75, 3.05) is 0 Å². The maximum absolute atomic E-state index is 9.62. The monoisotopic (exact) mass is 151 g/mol. The molecule has 0 heterocycles. The lowest BCUT2D eigenvalue weighted by atomic mass is 10.3. The van der Waals surface area contributed by atoms with Crippen LogP contribution < -0.4 is 5.02 Å². The quantitative estimate of drug-likeness (QED) is 0.255. The van der Waals surface area contributed by atoms with Crippen molar-refractivity contribution in [1.29, 1.82) is 0 Å². The minimum absolute atomic E-state index is 2.42. The van der Waals surface area contributed by atoms with Crippen molar-refractivity contribution >= 4 is 7.32 Å². The van der Waals surface area contributed by atoms with Crippen molar-refractivity contribution in [3.8, 4) is 0 Å². The fourth-order valence-electron chi connectivity index (χ4n) is 0. The molecule has 0 atom stereocenters. The smallest absolute Gasteiger partial charge is 0.440 e. The summed E-state index contributed by atoms with van der Waals surface area (Å²) in [7, 11) is -2.42. The highest BCUT2D eigenvalue weighted by Gasteiger charge is 2.30. The summed E-state index contributed by atoms with van der Waals surface area (Å²) in [5, 5.41) is 17.8. The van der Waals surface area contributed by atoms with Crippen LogP contribution in [0, 0.1) is 0 Å². The summed E-state index contributed by atoms with van der Waals surface area (Å²) < 4.78 is 38.5. The first-order valence-electron chi connectivity index (χ1n) is 1.43. The molecule has 2 N–H and O–H groups in total. The van der Waals surface area contributed by atoms with E-state index in [0.29, 0.717) is 0 Å². The highest BCUT2D eigenvalue weighted by Crippen LogP contribution is 2.08. The van der Waals surface area contributed by atoms with Crippen LogP contribution in [-0.2, 0) is 0 Å². The van der Waals surface area contributed by atoms with Crippen molar-refractivity contribution in [2.45, 2.75) is 0 Å². The van der Waals surface area contributed by atoms with E-state index in [1.54, 1.807) is 0 Å². The summed E-state index contributed by atoms with van der Waals surface area (Å²) in [5.41, 5.74) is 0. The fourth-order valence-corrected chi connectivity index (χ4v) is 0. The van der Waals surface area contributed by atoms with Gasteiger partial charge in [0.2, 0.25) is 0 Å². The predicted molar refractivity (Wildman–Crippen MR) is 14.9 cm³/mol. The molecule has 0 saturated carbocycles. The topological polar surface area (TPSA) is 63.5 Å². The molecular formula is H2BF4NO3. The summed E-state index contributed by atoms with van der Waals surface area (Å²) >= 11 is 0. The van der Waals surface area contributed by atoms with Gasteiger partial charge in [-0.2, -0.15) is 0 Å². The lowest BCUT2D eigenvalue weighted by Gasteiger charge is -1.92. The minimum atomic E-state index is -5.00. The predicted octanol–water partition coefficient (Wildman–Crippen LogP) is -1.34. The summed E-state index contributed by atoms with van der Waals surface area (Å²) in [6.45, 7) is 0. The largest absolute Gasteiger partial charge is 0.832 e. The van der Waals surface area contributed by atoms with E-state index in [9.17, 15) is 17.9 Å². The minimum Gasteiger partial charge on any atom is -0.832 e. The van der Waals surface area contributed by atoms with Crippen LogP contribution in [0.3, 0.4) is 0 Å². The second-order valence-corrected chi connectivity index (χ2v) is 0.710. The average Bonchev–Trinajstić information content (AvgIpc) is 1.19. The van der Waals surface area contributed by atoms with Crippen LogP contribution in [0.15, 0.2) is 0 Å². The number of nitrogens with zero attached hydrogens (tertiary/aromatic N) is 1. The molecule has 0 bridgehead atoms. The van der Waals surface area contributed by atoms with Crippen LogP contribution in [0.25, 0.3) is 0 Å².